The first-order chi connectivity index (χ1) is 9.70. The minimum Gasteiger partial charge on any atom is -0.329 e. The molecule has 20 heavy (non-hydrogen) atoms. The van der Waals surface area contributed by atoms with Crippen LogP contribution in [0.2, 0.25) is 0 Å². The van der Waals surface area contributed by atoms with Gasteiger partial charge >= 0.3 is 0 Å². The lowest BCUT2D eigenvalue weighted by atomic mass is 10.1. The van der Waals surface area contributed by atoms with Crippen LogP contribution in [0.1, 0.15) is 27.8 Å². The molecule has 2 rings (SSSR count). The van der Waals surface area contributed by atoms with Crippen molar-refractivity contribution in [1.29, 1.82) is 0 Å². The number of thiophene rings is 1. The van der Waals surface area contributed by atoms with E-state index >= 15 is 0 Å². The van der Waals surface area contributed by atoms with Crippen LogP contribution in [-0.2, 0) is 6.42 Å². The third kappa shape index (κ3) is 4.17. The quantitative estimate of drug-likeness (QED) is 0.843. The summed E-state index contributed by atoms with van der Waals surface area (Å²) in [6.07, 6.45) is 2.30. The molecule has 0 amide bonds. The fourth-order valence-corrected chi connectivity index (χ4v) is 3.54. The Kier molecular flexibility index (Phi) is 5.77. The van der Waals surface area contributed by atoms with E-state index in [1.807, 2.05) is 11.3 Å². The van der Waals surface area contributed by atoms with E-state index in [9.17, 15) is 0 Å². The molecule has 0 spiro atoms. The van der Waals surface area contributed by atoms with Crippen LogP contribution < -0.4 is 5.73 Å². The van der Waals surface area contributed by atoms with Gasteiger partial charge in [-0.3, -0.25) is 4.90 Å². The summed E-state index contributed by atoms with van der Waals surface area (Å²) < 4.78 is 0. The highest BCUT2D eigenvalue weighted by atomic mass is 32.1. The Balaban J connectivity index is 1.85. The average Bonchev–Trinajstić information content (AvgIpc) is 2.87. The van der Waals surface area contributed by atoms with Crippen molar-refractivity contribution in [2.24, 2.45) is 5.73 Å². The van der Waals surface area contributed by atoms with Crippen molar-refractivity contribution >= 4 is 11.3 Å². The number of rotatable bonds is 7. The van der Waals surface area contributed by atoms with Gasteiger partial charge in [0.2, 0.25) is 0 Å². The first kappa shape index (κ1) is 15.2. The summed E-state index contributed by atoms with van der Waals surface area (Å²) >= 11 is 1.86. The van der Waals surface area contributed by atoms with Crippen molar-refractivity contribution in [3.8, 4) is 0 Å². The van der Waals surface area contributed by atoms with E-state index in [1.165, 1.54) is 21.7 Å². The molecule has 0 aliphatic carbocycles. The molecule has 1 aromatic carbocycles. The van der Waals surface area contributed by atoms with Crippen LogP contribution in [0.4, 0.5) is 0 Å². The van der Waals surface area contributed by atoms with E-state index in [2.05, 4.69) is 61.3 Å². The van der Waals surface area contributed by atoms with Crippen molar-refractivity contribution in [1.82, 2.24) is 4.90 Å². The topological polar surface area (TPSA) is 29.3 Å². The minimum atomic E-state index is 0.351. The highest BCUT2D eigenvalue weighted by molar-refractivity contribution is 7.12. The first-order valence-corrected chi connectivity index (χ1v) is 8.03. The van der Waals surface area contributed by atoms with E-state index in [4.69, 9.17) is 5.73 Å². The Hall–Kier alpha value is -1.16. The Morgan fingerprint density at radius 3 is 2.50 bits per heavy atom. The van der Waals surface area contributed by atoms with Crippen molar-refractivity contribution in [3.63, 3.8) is 0 Å². The fraction of sp³-hybridized carbons (Fsp3) is 0.412. The molecule has 1 aromatic heterocycles. The lowest BCUT2D eigenvalue weighted by Gasteiger charge is -2.26. The second-order valence-corrected chi connectivity index (χ2v) is 6.59. The van der Waals surface area contributed by atoms with Gasteiger partial charge in [0.05, 0.1) is 6.04 Å². The summed E-state index contributed by atoms with van der Waals surface area (Å²) in [5.74, 6) is 0. The van der Waals surface area contributed by atoms with Crippen LogP contribution in [0, 0.1) is 6.92 Å². The van der Waals surface area contributed by atoms with E-state index < -0.39 is 0 Å². The van der Waals surface area contributed by atoms with Gasteiger partial charge in [0.25, 0.3) is 0 Å². The maximum atomic E-state index is 5.96. The molecule has 2 aromatic rings. The third-order valence-electron chi connectivity index (χ3n) is 3.66. The van der Waals surface area contributed by atoms with E-state index in [0.29, 0.717) is 12.6 Å². The van der Waals surface area contributed by atoms with Crippen LogP contribution >= 0.6 is 11.3 Å². The van der Waals surface area contributed by atoms with Crippen molar-refractivity contribution in [2.45, 2.75) is 25.8 Å². The summed E-state index contributed by atoms with van der Waals surface area (Å²) in [5, 5.41) is 0. The molecule has 0 radical (unpaired) electrons. The summed E-state index contributed by atoms with van der Waals surface area (Å²) in [6.45, 7) is 3.91. The fourth-order valence-electron chi connectivity index (χ4n) is 2.48. The highest BCUT2D eigenvalue weighted by Crippen LogP contribution is 2.26. The summed E-state index contributed by atoms with van der Waals surface area (Å²) in [7, 11) is 2.18. The Morgan fingerprint density at radius 2 is 1.90 bits per heavy atom. The molecule has 0 saturated heterocycles. The SMILES string of the molecule is Cc1ccc(C(CN)N(C)CCCc2ccccc2)s1. The number of likely N-dealkylation sites (N-methyl/N-ethyl adjacent to an activating group) is 1. The van der Waals surface area contributed by atoms with E-state index in [-0.39, 0.29) is 0 Å². The number of hydrogen-bond acceptors (Lipinski definition) is 3. The highest BCUT2D eigenvalue weighted by Gasteiger charge is 2.16. The second kappa shape index (κ2) is 7.58. The van der Waals surface area contributed by atoms with Crippen LogP contribution in [0.25, 0.3) is 0 Å². The third-order valence-corrected chi connectivity index (χ3v) is 4.77. The molecule has 0 bridgehead atoms. The molecule has 0 aliphatic heterocycles. The Labute approximate surface area is 126 Å². The van der Waals surface area contributed by atoms with Gasteiger partial charge in [0, 0.05) is 16.3 Å². The van der Waals surface area contributed by atoms with Crippen LogP contribution in [0.15, 0.2) is 42.5 Å². The van der Waals surface area contributed by atoms with Crippen LogP contribution in [-0.4, -0.2) is 25.0 Å². The zero-order chi connectivity index (χ0) is 14.4. The molecule has 3 heteroatoms. The molecule has 1 unspecified atom stereocenters. The lowest BCUT2D eigenvalue weighted by molar-refractivity contribution is 0.250. The monoisotopic (exact) mass is 288 g/mol. The van der Waals surface area contributed by atoms with Crippen molar-refractivity contribution < 1.29 is 0 Å². The second-order valence-electron chi connectivity index (χ2n) is 5.27. The molecular formula is C17H24N2S. The number of nitrogens with zero attached hydrogens (tertiary/aromatic N) is 1. The van der Waals surface area contributed by atoms with Gasteiger partial charge in [-0.15, -0.1) is 11.3 Å². The maximum absolute atomic E-state index is 5.96. The number of nitrogens with two attached hydrogens (primary N) is 1. The Morgan fingerprint density at radius 1 is 1.15 bits per heavy atom. The van der Waals surface area contributed by atoms with Gasteiger partial charge in [0.1, 0.15) is 0 Å². The molecular weight excluding hydrogens is 264 g/mol. The average molecular weight is 288 g/mol. The van der Waals surface area contributed by atoms with Gasteiger partial charge in [-0.1, -0.05) is 30.3 Å². The van der Waals surface area contributed by atoms with Crippen LogP contribution in [0.5, 0.6) is 0 Å². The van der Waals surface area contributed by atoms with Gasteiger partial charge in [-0.25, -0.2) is 0 Å². The summed E-state index contributed by atoms with van der Waals surface area (Å²) in [5.41, 5.74) is 7.38. The van der Waals surface area contributed by atoms with Gasteiger partial charge in [-0.2, -0.15) is 0 Å². The zero-order valence-electron chi connectivity index (χ0n) is 12.4. The predicted molar refractivity (Wildman–Crippen MR) is 88.2 cm³/mol. The van der Waals surface area contributed by atoms with E-state index in [1.54, 1.807) is 0 Å². The Bertz CT molecular complexity index is 507. The smallest absolute Gasteiger partial charge is 0.0561 e. The molecule has 2 nitrogen and oxygen atoms in total. The molecule has 108 valence electrons. The lowest BCUT2D eigenvalue weighted by Crippen LogP contribution is -2.31. The van der Waals surface area contributed by atoms with E-state index in [0.717, 1.165) is 13.0 Å². The molecule has 1 heterocycles. The van der Waals surface area contributed by atoms with Gasteiger partial charge in [0.15, 0.2) is 0 Å². The van der Waals surface area contributed by atoms with Crippen molar-refractivity contribution in [2.75, 3.05) is 20.1 Å². The summed E-state index contributed by atoms with van der Waals surface area (Å²) in [6, 6.07) is 15.4. The molecule has 0 fully saturated rings. The zero-order valence-corrected chi connectivity index (χ0v) is 13.2. The molecule has 1 atom stereocenters. The van der Waals surface area contributed by atoms with Gasteiger partial charge in [-0.05, 0) is 51.1 Å². The predicted octanol–water partition coefficient (Wildman–Crippen LogP) is 3.62. The largest absolute Gasteiger partial charge is 0.329 e. The van der Waals surface area contributed by atoms with Crippen LogP contribution in [0.3, 0.4) is 0 Å². The van der Waals surface area contributed by atoms with Crippen molar-refractivity contribution in [3.05, 3.63) is 57.8 Å². The normalized spacial score (nSPS) is 12.8. The summed E-state index contributed by atoms with van der Waals surface area (Å²) in [4.78, 5) is 5.12. The minimum absolute atomic E-state index is 0.351. The number of benzene rings is 1. The molecule has 2 N–H and O–H groups in total. The number of hydrogen-bond donors (Lipinski definition) is 1. The first-order valence-electron chi connectivity index (χ1n) is 7.21. The number of aryl methyl sites for hydroxylation is 2. The molecule has 0 saturated carbocycles. The van der Waals surface area contributed by atoms with Gasteiger partial charge < -0.3 is 5.73 Å². The molecule has 0 aliphatic rings. The maximum Gasteiger partial charge on any atom is 0.0561 e. The standard InChI is InChI=1S/C17H24N2S/c1-14-10-11-17(20-14)16(13-18)19(2)12-6-9-15-7-4-3-5-8-15/h3-5,7-8,10-11,16H,6,9,12-13,18H2,1-2H3.